The van der Waals surface area contributed by atoms with Crippen molar-refractivity contribution in [2.75, 3.05) is 18.5 Å². The Morgan fingerprint density at radius 2 is 1.95 bits per heavy atom. The smallest absolute Gasteiger partial charge is 0.410 e. The third-order valence-corrected chi connectivity index (χ3v) is 6.39. The zero-order valence-corrected chi connectivity index (χ0v) is 22.8. The van der Waals surface area contributed by atoms with Gasteiger partial charge >= 0.3 is 12.6 Å². The van der Waals surface area contributed by atoms with Crippen LogP contribution < -0.4 is 15.6 Å². The number of nitrogens with one attached hydrogen (secondary N) is 1. The van der Waals surface area contributed by atoms with Gasteiger partial charge in [0, 0.05) is 37.0 Å². The molecule has 0 aliphatic carbocycles. The standard InChI is InChI=1S/C26H30F2N8O4/c1-15-10-20(31-33(5)23(15)37)30-21-12-18-11-16(6-9-35(18)32-21)22-19(13-29-36(22)24(27)28)39-14-17-7-8-34(17)25(38)40-26(2,3)4/h6,9-13,17,24H,7-8,14H2,1-5H3,(H,30,31,32)/t17-/m1/s1. The van der Waals surface area contributed by atoms with Crippen molar-refractivity contribution >= 4 is 23.2 Å². The molecule has 0 saturated carbocycles. The molecule has 1 fully saturated rings. The van der Waals surface area contributed by atoms with Crippen LogP contribution >= 0.6 is 0 Å². The summed E-state index contributed by atoms with van der Waals surface area (Å²) >= 11 is 0. The van der Waals surface area contributed by atoms with Gasteiger partial charge in [-0.25, -0.2) is 14.0 Å². The van der Waals surface area contributed by atoms with E-state index in [0.717, 1.165) is 0 Å². The molecule has 40 heavy (non-hydrogen) atoms. The molecule has 1 aliphatic rings. The van der Waals surface area contributed by atoms with E-state index in [9.17, 15) is 18.4 Å². The van der Waals surface area contributed by atoms with Crippen LogP contribution in [-0.2, 0) is 11.8 Å². The number of ether oxygens (including phenoxy) is 2. The molecule has 0 spiro atoms. The number of aromatic nitrogens is 6. The van der Waals surface area contributed by atoms with Crippen molar-refractivity contribution in [2.45, 2.75) is 52.3 Å². The number of hydrogen-bond acceptors (Lipinski definition) is 8. The molecule has 4 aromatic heterocycles. The van der Waals surface area contributed by atoms with Crippen molar-refractivity contribution in [3.05, 3.63) is 52.6 Å². The quantitative estimate of drug-likeness (QED) is 0.361. The van der Waals surface area contributed by atoms with Gasteiger partial charge in [0.1, 0.15) is 17.9 Å². The fourth-order valence-corrected chi connectivity index (χ4v) is 4.39. The Hall–Kier alpha value is -4.49. The van der Waals surface area contributed by atoms with Gasteiger partial charge in [-0.2, -0.15) is 28.8 Å². The fourth-order valence-electron chi connectivity index (χ4n) is 4.39. The first-order valence-electron chi connectivity index (χ1n) is 12.7. The van der Waals surface area contributed by atoms with Gasteiger partial charge in [0.2, 0.25) is 0 Å². The van der Waals surface area contributed by atoms with Gasteiger partial charge in [0.05, 0.1) is 17.8 Å². The van der Waals surface area contributed by atoms with E-state index in [-0.39, 0.29) is 29.7 Å². The summed E-state index contributed by atoms with van der Waals surface area (Å²) in [7, 11) is 1.56. The van der Waals surface area contributed by atoms with E-state index >= 15 is 0 Å². The second-order valence-corrected chi connectivity index (χ2v) is 10.6. The number of nitrogens with zero attached hydrogens (tertiary/aromatic N) is 7. The summed E-state index contributed by atoms with van der Waals surface area (Å²) < 4.78 is 42.6. The van der Waals surface area contributed by atoms with Crippen molar-refractivity contribution in [1.82, 2.24) is 34.1 Å². The number of rotatable bonds is 7. The largest absolute Gasteiger partial charge is 0.487 e. The Balaban J connectivity index is 1.37. The van der Waals surface area contributed by atoms with Crippen LogP contribution in [0.5, 0.6) is 5.75 Å². The number of hydrogen-bond donors (Lipinski definition) is 1. The molecule has 1 N–H and O–H groups in total. The van der Waals surface area contributed by atoms with Crippen LogP contribution in [0.1, 0.15) is 39.3 Å². The van der Waals surface area contributed by atoms with Crippen molar-refractivity contribution in [1.29, 1.82) is 0 Å². The topological polar surface area (TPSA) is 121 Å². The zero-order valence-electron chi connectivity index (χ0n) is 22.8. The molecule has 5 rings (SSSR count). The van der Waals surface area contributed by atoms with Crippen molar-refractivity contribution < 1.29 is 23.0 Å². The molecule has 0 unspecified atom stereocenters. The minimum absolute atomic E-state index is 0.103. The monoisotopic (exact) mass is 556 g/mol. The highest BCUT2D eigenvalue weighted by atomic mass is 19.3. The lowest BCUT2D eigenvalue weighted by Gasteiger charge is -2.40. The van der Waals surface area contributed by atoms with E-state index in [1.54, 1.807) is 74.6 Å². The molecule has 1 amide bonds. The van der Waals surface area contributed by atoms with Crippen LogP contribution in [0.25, 0.3) is 16.8 Å². The van der Waals surface area contributed by atoms with Crippen LogP contribution in [0.4, 0.5) is 25.2 Å². The summed E-state index contributed by atoms with van der Waals surface area (Å²) in [5.74, 6) is 1.06. The third kappa shape index (κ3) is 5.46. The van der Waals surface area contributed by atoms with E-state index in [1.165, 1.54) is 10.9 Å². The summed E-state index contributed by atoms with van der Waals surface area (Å²) in [5, 5.41) is 15.5. The Labute approximate surface area is 228 Å². The minimum Gasteiger partial charge on any atom is -0.487 e. The van der Waals surface area contributed by atoms with Gasteiger partial charge in [-0.3, -0.25) is 4.79 Å². The summed E-state index contributed by atoms with van der Waals surface area (Å²) in [6, 6.07) is 6.43. The lowest BCUT2D eigenvalue weighted by Crippen LogP contribution is -2.55. The molecule has 0 bridgehead atoms. The number of likely N-dealkylation sites (tertiary alicyclic amines) is 1. The number of carbonyl (C=O) groups excluding carboxylic acids is 1. The maximum Gasteiger partial charge on any atom is 0.410 e. The molecule has 5 heterocycles. The van der Waals surface area contributed by atoms with E-state index in [1.807, 2.05) is 0 Å². The summed E-state index contributed by atoms with van der Waals surface area (Å²) in [6.07, 6.45) is 3.16. The van der Waals surface area contributed by atoms with Crippen molar-refractivity contribution in [2.24, 2.45) is 7.05 Å². The van der Waals surface area contributed by atoms with Gasteiger partial charge in [0.25, 0.3) is 5.56 Å². The highest BCUT2D eigenvalue weighted by Gasteiger charge is 2.36. The Morgan fingerprint density at radius 1 is 1.20 bits per heavy atom. The Kier molecular flexibility index (Phi) is 6.94. The van der Waals surface area contributed by atoms with E-state index in [4.69, 9.17) is 9.47 Å². The number of aryl methyl sites for hydroxylation is 2. The highest BCUT2D eigenvalue weighted by Crippen LogP contribution is 2.35. The maximum absolute atomic E-state index is 13.9. The SMILES string of the molecule is Cc1cc(Nc2cc3cc(-c4c(OC[C@H]5CCN5C(=O)OC(C)(C)C)cnn4C(F)F)ccn3n2)nn(C)c1=O. The average molecular weight is 557 g/mol. The number of halogens is 2. The number of pyridine rings is 1. The number of alkyl halides is 2. The van der Waals surface area contributed by atoms with Gasteiger partial charge < -0.3 is 19.7 Å². The minimum atomic E-state index is -2.90. The first-order chi connectivity index (χ1) is 18.9. The summed E-state index contributed by atoms with van der Waals surface area (Å²) in [5.41, 5.74) is 0.862. The van der Waals surface area contributed by atoms with Gasteiger partial charge in [-0.15, -0.1) is 0 Å². The lowest BCUT2D eigenvalue weighted by atomic mass is 10.1. The second kappa shape index (κ2) is 10.2. The predicted molar refractivity (Wildman–Crippen MR) is 142 cm³/mol. The Bertz CT molecular complexity index is 1590. The molecule has 0 aromatic carbocycles. The molecule has 212 valence electrons. The van der Waals surface area contributed by atoms with Crippen LogP contribution in [0.15, 0.2) is 41.5 Å². The zero-order chi connectivity index (χ0) is 28.8. The van der Waals surface area contributed by atoms with E-state index in [0.29, 0.717) is 45.9 Å². The molecule has 4 aromatic rings. The first-order valence-corrected chi connectivity index (χ1v) is 12.7. The summed E-state index contributed by atoms with van der Waals surface area (Å²) in [4.78, 5) is 25.9. The van der Waals surface area contributed by atoms with Crippen LogP contribution in [0.2, 0.25) is 0 Å². The summed E-state index contributed by atoms with van der Waals surface area (Å²) in [6.45, 7) is 4.82. The van der Waals surface area contributed by atoms with Crippen LogP contribution in [0, 0.1) is 6.92 Å². The molecule has 0 radical (unpaired) electrons. The van der Waals surface area contributed by atoms with Gasteiger partial charge in [0.15, 0.2) is 17.4 Å². The number of fused-ring (bicyclic) bond motifs is 1. The molecule has 1 atom stereocenters. The molecule has 14 heteroatoms. The normalized spacial score (nSPS) is 15.4. The maximum atomic E-state index is 13.9. The van der Waals surface area contributed by atoms with Crippen molar-refractivity contribution in [3.63, 3.8) is 0 Å². The number of anilines is 2. The molecule has 12 nitrogen and oxygen atoms in total. The first kappa shape index (κ1) is 27.1. The predicted octanol–water partition coefficient (Wildman–Crippen LogP) is 4.13. The van der Waals surface area contributed by atoms with E-state index in [2.05, 4.69) is 20.6 Å². The Morgan fingerprint density at radius 3 is 2.60 bits per heavy atom. The average Bonchev–Trinajstić information content (AvgIpc) is 3.43. The molecule has 1 aliphatic heterocycles. The van der Waals surface area contributed by atoms with Gasteiger partial charge in [-0.1, -0.05) is 0 Å². The number of carbonyl (C=O) groups is 1. The molecular weight excluding hydrogens is 526 g/mol. The fraction of sp³-hybridized carbons (Fsp3) is 0.423. The molecular formula is C26H30F2N8O4. The molecule has 1 saturated heterocycles. The number of amides is 1. The van der Waals surface area contributed by atoms with E-state index < -0.39 is 18.2 Å². The lowest BCUT2D eigenvalue weighted by molar-refractivity contribution is -0.0141. The van der Waals surface area contributed by atoms with Crippen LogP contribution in [-0.4, -0.2) is 65.0 Å². The van der Waals surface area contributed by atoms with Gasteiger partial charge in [-0.05, 0) is 52.3 Å². The highest BCUT2D eigenvalue weighted by molar-refractivity contribution is 5.73. The van der Waals surface area contributed by atoms with Crippen LogP contribution in [0.3, 0.4) is 0 Å². The second-order valence-electron chi connectivity index (χ2n) is 10.6. The third-order valence-electron chi connectivity index (χ3n) is 6.39. The van der Waals surface area contributed by atoms with Crippen molar-refractivity contribution in [3.8, 4) is 17.0 Å².